The summed E-state index contributed by atoms with van der Waals surface area (Å²) in [5, 5.41) is 16.0. The summed E-state index contributed by atoms with van der Waals surface area (Å²) in [6, 6.07) is 16.4. The molecule has 0 amide bonds. The van der Waals surface area contributed by atoms with Crippen molar-refractivity contribution in [1.82, 2.24) is 4.90 Å². The minimum absolute atomic E-state index is 0.475. The van der Waals surface area contributed by atoms with E-state index in [1.165, 1.54) is 0 Å². The average molecular weight is 356 g/mol. The highest BCUT2D eigenvalue weighted by molar-refractivity contribution is 6.37. The van der Waals surface area contributed by atoms with Crippen molar-refractivity contribution in [2.45, 2.75) is 32.8 Å². The Labute approximate surface area is 155 Å². The van der Waals surface area contributed by atoms with Crippen LogP contribution in [0.3, 0.4) is 0 Å². The van der Waals surface area contributed by atoms with Gasteiger partial charge in [-0.05, 0) is 59.8 Å². The third-order valence-electron chi connectivity index (χ3n) is 4.73. The summed E-state index contributed by atoms with van der Waals surface area (Å²) >= 11 is 6.42. The topological polar surface area (TPSA) is 23.5 Å². The third-order valence-corrected chi connectivity index (χ3v) is 5.04. The zero-order chi connectivity index (χ0) is 17.8. The van der Waals surface area contributed by atoms with E-state index in [1.54, 1.807) is 0 Å². The molecule has 0 spiro atoms. The Bertz CT molecular complexity index is 855. The van der Waals surface area contributed by atoms with E-state index in [1.807, 2.05) is 30.3 Å². The molecule has 0 bridgehead atoms. The number of hydrogen-bond donors (Lipinski definition) is 1. The maximum atomic E-state index is 10.8. The van der Waals surface area contributed by atoms with Crippen molar-refractivity contribution in [2.24, 2.45) is 0 Å². The Morgan fingerprint density at radius 1 is 0.920 bits per heavy atom. The van der Waals surface area contributed by atoms with Gasteiger partial charge in [-0.3, -0.25) is 0 Å². The number of halogens is 1. The maximum absolute atomic E-state index is 10.8. The molecule has 0 heterocycles. The van der Waals surface area contributed by atoms with Gasteiger partial charge in [0.15, 0.2) is 0 Å². The highest BCUT2D eigenvalue weighted by Gasteiger charge is 2.14. The molecule has 0 aliphatic rings. The van der Waals surface area contributed by atoms with Crippen LogP contribution in [-0.2, 0) is 0 Å². The Morgan fingerprint density at radius 2 is 1.60 bits per heavy atom. The molecule has 0 aliphatic heterocycles. The van der Waals surface area contributed by atoms with Gasteiger partial charge in [0.1, 0.15) is 0 Å². The number of rotatable bonds is 7. The molecule has 3 aromatic carbocycles. The summed E-state index contributed by atoms with van der Waals surface area (Å²) in [4.78, 5) is 2.34. The van der Waals surface area contributed by atoms with E-state index in [2.05, 4.69) is 36.9 Å². The first-order valence-electron chi connectivity index (χ1n) is 9.15. The first-order chi connectivity index (χ1) is 12.1. The summed E-state index contributed by atoms with van der Waals surface area (Å²) in [5.74, 6) is 0. The molecular formula is C22H26ClNO. The lowest BCUT2D eigenvalue weighted by Gasteiger charge is -2.24. The second-order valence-corrected chi connectivity index (χ2v) is 7.11. The van der Waals surface area contributed by atoms with E-state index in [0.29, 0.717) is 6.54 Å². The van der Waals surface area contributed by atoms with Crippen LogP contribution in [0, 0.1) is 0 Å². The van der Waals surface area contributed by atoms with Crippen LogP contribution < -0.4 is 0 Å². The molecule has 2 nitrogen and oxygen atoms in total. The van der Waals surface area contributed by atoms with Crippen LogP contribution >= 0.6 is 11.6 Å². The van der Waals surface area contributed by atoms with Gasteiger partial charge in [-0.2, -0.15) is 0 Å². The Morgan fingerprint density at radius 3 is 2.28 bits per heavy atom. The smallest absolute Gasteiger partial charge is 0.0917 e. The number of aliphatic hydroxyl groups is 1. The zero-order valence-corrected chi connectivity index (χ0v) is 15.8. The molecule has 1 atom stereocenters. The van der Waals surface area contributed by atoms with Gasteiger partial charge in [-0.15, -0.1) is 0 Å². The zero-order valence-electron chi connectivity index (χ0n) is 15.0. The minimum atomic E-state index is -0.475. The summed E-state index contributed by atoms with van der Waals surface area (Å²) in [6.07, 6.45) is 1.73. The van der Waals surface area contributed by atoms with E-state index < -0.39 is 6.10 Å². The third kappa shape index (κ3) is 3.98. The van der Waals surface area contributed by atoms with Crippen molar-refractivity contribution in [3.63, 3.8) is 0 Å². The van der Waals surface area contributed by atoms with Gasteiger partial charge in [0.2, 0.25) is 0 Å². The molecule has 132 valence electrons. The molecule has 0 aromatic heterocycles. The van der Waals surface area contributed by atoms with E-state index >= 15 is 0 Å². The largest absolute Gasteiger partial charge is 0.387 e. The molecule has 0 fully saturated rings. The Balaban J connectivity index is 1.97. The molecule has 3 rings (SSSR count). The van der Waals surface area contributed by atoms with Crippen molar-refractivity contribution >= 4 is 33.1 Å². The van der Waals surface area contributed by atoms with Crippen LogP contribution in [0.4, 0.5) is 0 Å². The van der Waals surface area contributed by atoms with Gasteiger partial charge in [0.05, 0.1) is 6.10 Å². The highest BCUT2D eigenvalue weighted by atomic mass is 35.5. The minimum Gasteiger partial charge on any atom is -0.387 e. The van der Waals surface area contributed by atoms with Crippen LogP contribution in [-0.4, -0.2) is 29.6 Å². The number of aliphatic hydroxyl groups excluding tert-OH is 1. The summed E-state index contributed by atoms with van der Waals surface area (Å²) < 4.78 is 0. The van der Waals surface area contributed by atoms with E-state index in [9.17, 15) is 5.11 Å². The quantitative estimate of drug-likeness (QED) is 0.541. The first kappa shape index (κ1) is 18.2. The van der Waals surface area contributed by atoms with Gasteiger partial charge in [-0.25, -0.2) is 0 Å². The van der Waals surface area contributed by atoms with Crippen LogP contribution in [0.5, 0.6) is 0 Å². The van der Waals surface area contributed by atoms with Crippen LogP contribution in [0.2, 0.25) is 5.02 Å². The second-order valence-electron chi connectivity index (χ2n) is 6.70. The van der Waals surface area contributed by atoms with Gasteiger partial charge < -0.3 is 10.0 Å². The number of fused-ring (bicyclic) bond motifs is 3. The van der Waals surface area contributed by atoms with Crippen molar-refractivity contribution in [2.75, 3.05) is 19.6 Å². The van der Waals surface area contributed by atoms with Crippen molar-refractivity contribution in [3.05, 3.63) is 59.1 Å². The second kappa shape index (κ2) is 8.18. The number of hydrogen-bond acceptors (Lipinski definition) is 2. The van der Waals surface area contributed by atoms with Crippen LogP contribution in [0.25, 0.3) is 21.5 Å². The molecule has 1 unspecified atom stereocenters. The fourth-order valence-corrected chi connectivity index (χ4v) is 3.84. The fourth-order valence-electron chi connectivity index (χ4n) is 3.56. The van der Waals surface area contributed by atoms with Gasteiger partial charge >= 0.3 is 0 Å². The van der Waals surface area contributed by atoms with Crippen molar-refractivity contribution in [1.29, 1.82) is 0 Å². The standard InChI is InChI=1S/C22H26ClNO/c1-3-11-24(12-4-2)15-22(25)17-10-9-16-14-21(23)19-8-6-5-7-18(19)20(16)13-17/h5-10,13-14,22,25H,3-4,11-12,15H2,1-2H3. The molecule has 0 aliphatic carbocycles. The monoisotopic (exact) mass is 355 g/mol. The highest BCUT2D eigenvalue weighted by Crippen LogP contribution is 2.33. The fraction of sp³-hybridized carbons (Fsp3) is 0.364. The molecule has 0 radical (unpaired) electrons. The summed E-state index contributed by atoms with van der Waals surface area (Å²) in [7, 11) is 0. The normalized spacial score (nSPS) is 13.0. The van der Waals surface area contributed by atoms with Gasteiger partial charge in [0.25, 0.3) is 0 Å². The molecule has 3 heteroatoms. The lowest BCUT2D eigenvalue weighted by Crippen LogP contribution is -2.30. The average Bonchev–Trinajstić information content (AvgIpc) is 2.62. The van der Waals surface area contributed by atoms with E-state index in [-0.39, 0.29) is 0 Å². The van der Waals surface area contributed by atoms with Crippen molar-refractivity contribution in [3.8, 4) is 0 Å². The van der Waals surface area contributed by atoms with Crippen LogP contribution in [0.15, 0.2) is 48.5 Å². The predicted octanol–water partition coefficient (Wildman–Crippen LogP) is 5.80. The van der Waals surface area contributed by atoms with Gasteiger partial charge in [0, 0.05) is 17.0 Å². The van der Waals surface area contributed by atoms with E-state index in [4.69, 9.17) is 11.6 Å². The van der Waals surface area contributed by atoms with Crippen molar-refractivity contribution < 1.29 is 5.11 Å². The van der Waals surface area contributed by atoms with Gasteiger partial charge in [-0.1, -0.05) is 61.8 Å². The number of benzene rings is 3. The molecule has 1 N–H and O–H groups in total. The SMILES string of the molecule is CCCN(CCC)CC(O)c1ccc2cc(Cl)c3ccccc3c2c1. The molecule has 0 saturated heterocycles. The summed E-state index contributed by atoms with van der Waals surface area (Å²) in [5.41, 5.74) is 0.970. The molecular weight excluding hydrogens is 330 g/mol. The Hall–Kier alpha value is -1.61. The Kier molecular flexibility index (Phi) is 5.95. The lowest BCUT2D eigenvalue weighted by molar-refractivity contribution is 0.113. The van der Waals surface area contributed by atoms with Crippen LogP contribution in [0.1, 0.15) is 38.4 Å². The molecule has 0 saturated carbocycles. The maximum Gasteiger partial charge on any atom is 0.0917 e. The predicted molar refractivity (Wildman–Crippen MR) is 108 cm³/mol. The number of nitrogens with zero attached hydrogens (tertiary/aromatic N) is 1. The molecule has 25 heavy (non-hydrogen) atoms. The molecule has 3 aromatic rings. The summed E-state index contributed by atoms with van der Waals surface area (Å²) in [6.45, 7) is 7.09. The first-order valence-corrected chi connectivity index (χ1v) is 9.53. The lowest BCUT2D eigenvalue weighted by atomic mass is 9.98. The van der Waals surface area contributed by atoms with E-state index in [0.717, 1.165) is 58.1 Å².